The number of amides is 2. The van der Waals surface area contributed by atoms with E-state index in [4.69, 9.17) is 5.26 Å². The van der Waals surface area contributed by atoms with Crippen molar-refractivity contribution in [1.82, 2.24) is 4.90 Å². The maximum Gasteiger partial charge on any atom is 0.321 e. The summed E-state index contributed by atoms with van der Waals surface area (Å²) in [6, 6.07) is 8.83. The van der Waals surface area contributed by atoms with Gasteiger partial charge in [0.25, 0.3) is 0 Å². The first-order valence-electron chi connectivity index (χ1n) is 6.13. The lowest BCUT2D eigenvalue weighted by molar-refractivity contribution is 0.199. The number of hydrogen-bond acceptors (Lipinski definition) is 3. The van der Waals surface area contributed by atoms with E-state index in [0.29, 0.717) is 12.2 Å². The molecule has 0 aliphatic carbocycles. The molecule has 102 valence electrons. The zero-order valence-corrected chi connectivity index (χ0v) is 11.4. The Morgan fingerprint density at radius 3 is 2.47 bits per heavy atom. The Morgan fingerprint density at radius 1 is 1.42 bits per heavy atom. The number of hydrogen-bond donors (Lipinski definition) is 2. The van der Waals surface area contributed by atoms with Gasteiger partial charge in [0.15, 0.2) is 0 Å². The summed E-state index contributed by atoms with van der Waals surface area (Å²) in [5.74, 6) is -0.201. The van der Waals surface area contributed by atoms with Crippen LogP contribution < -0.4 is 5.32 Å². The number of aliphatic hydroxyl groups is 1. The first-order chi connectivity index (χ1) is 8.93. The van der Waals surface area contributed by atoms with Crippen molar-refractivity contribution in [3.63, 3.8) is 0 Å². The number of aliphatic hydroxyl groups excluding tert-OH is 1. The van der Waals surface area contributed by atoms with Crippen molar-refractivity contribution < 1.29 is 9.90 Å². The molecule has 0 saturated heterocycles. The Hall–Kier alpha value is -2.06. The van der Waals surface area contributed by atoms with Gasteiger partial charge < -0.3 is 15.3 Å². The van der Waals surface area contributed by atoms with E-state index in [1.807, 2.05) is 0 Å². The number of carbonyl (C=O) groups is 1. The van der Waals surface area contributed by atoms with Crippen molar-refractivity contribution in [1.29, 1.82) is 5.26 Å². The lowest BCUT2D eigenvalue weighted by Gasteiger charge is -2.19. The van der Waals surface area contributed by atoms with Crippen LogP contribution in [0.4, 0.5) is 10.5 Å². The zero-order chi connectivity index (χ0) is 14.4. The average Bonchev–Trinajstić information content (AvgIpc) is 2.38. The molecule has 0 aliphatic rings. The van der Waals surface area contributed by atoms with Crippen LogP contribution >= 0.6 is 0 Å². The molecule has 2 unspecified atom stereocenters. The highest BCUT2D eigenvalue weighted by atomic mass is 16.3. The van der Waals surface area contributed by atoms with Crippen molar-refractivity contribution in [3.05, 3.63) is 29.8 Å². The number of urea groups is 1. The molecule has 0 spiro atoms. The van der Waals surface area contributed by atoms with E-state index in [1.54, 1.807) is 45.2 Å². The monoisotopic (exact) mass is 261 g/mol. The molecule has 19 heavy (non-hydrogen) atoms. The lowest BCUT2D eigenvalue weighted by Crippen LogP contribution is -2.34. The van der Waals surface area contributed by atoms with Crippen LogP contribution in [0.3, 0.4) is 0 Å². The highest BCUT2D eigenvalue weighted by Gasteiger charge is 2.12. The molecule has 5 nitrogen and oxygen atoms in total. The molecule has 2 atom stereocenters. The third-order valence-corrected chi connectivity index (χ3v) is 2.76. The predicted molar refractivity (Wildman–Crippen MR) is 73.5 cm³/mol. The summed E-state index contributed by atoms with van der Waals surface area (Å²) >= 11 is 0. The smallest absolute Gasteiger partial charge is 0.321 e. The summed E-state index contributed by atoms with van der Waals surface area (Å²) in [5.41, 5.74) is 1.45. The Bertz CT molecular complexity index is 463. The normalized spacial score (nSPS) is 13.2. The molecule has 0 fully saturated rings. The van der Waals surface area contributed by atoms with Gasteiger partial charge in [-0.2, -0.15) is 5.26 Å². The number of benzene rings is 1. The van der Waals surface area contributed by atoms with E-state index >= 15 is 0 Å². The van der Waals surface area contributed by atoms with Gasteiger partial charge in [-0.05, 0) is 31.5 Å². The van der Waals surface area contributed by atoms with E-state index in [1.165, 1.54) is 4.90 Å². The summed E-state index contributed by atoms with van der Waals surface area (Å²) in [5, 5.41) is 20.8. The Morgan fingerprint density at radius 2 is 2.00 bits per heavy atom. The fraction of sp³-hybridized carbons (Fsp3) is 0.429. The Kier molecular flexibility index (Phi) is 5.34. The highest BCUT2D eigenvalue weighted by Crippen LogP contribution is 2.15. The average molecular weight is 261 g/mol. The number of rotatable bonds is 4. The maximum atomic E-state index is 11.8. The van der Waals surface area contributed by atoms with Crippen molar-refractivity contribution in [2.45, 2.75) is 20.0 Å². The van der Waals surface area contributed by atoms with Gasteiger partial charge in [-0.15, -0.1) is 0 Å². The molecule has 1 rings (SSSR count). The van der Waals surface area contributed by atoms with Gasteiger partial charge in [-0.25, -0.2) is 4.79 Å². The van der Waals surface area contributed by atoms with Crippen LogP contribution in [0.25, 0.3) is 0 Å². The molecular weight excluding hydrogens is 242 g/mol. The minimum Gasteiger partial charge on any atom is -0.389 e. The Labute approximate surface area is 113 Å². The molecule has 2 amide bonds. The molecule has 0 radical (unpaired) electrons. The standard InChI is InChI=1S/C14H19N3O2/c1-10(8-15)9-17(3)14(19)16-13-6-4-12(5-7-13)11(2)18/h4-7,10-11,18H,9H2,1-3H3,(H,16,19). The molecular formula is C14H19N3O2. The molecule has 0 bridgehead atoms. The third-order valence-electron chi connectivity index (χ3n) is 2.76. The van der Waals surface area contributed by atoms with E-state index in [-0.39, 0.29) is 11.9 Å². The zero-order valence-electron chi connectivity index (χ0n) is 11.4. The van der Waals surface area contributed by atoms with Crippen molar-refractivity contribution >= 4 is 11.7 Å². The third kappa shape index (κ3) is 4.60. The number of nitrogens with zero attached hydrogens (tertiary/aromatic N) is 2. The second kappa shape index (κ2) is 6.76. The van der Waals surface area contributed by atoms with E-state index in [0.717, 1.165) is 5.56 Å². The van der Waals surface area contributed by atoms with Gasteiger partial charge in [0.2, 0.25) is 0 Å². The van der Waals surface area contributed by atoms with E-state index in [9.17, 15) is 9.90 Å². The molecule has 1 aromatic rings. The minimum absolute atomic E-state index is 0.201. The minimum atomic E-state index is -0.524. The molecule has 0 aromatic heterocycles. The van der Waals surface area contributed by atoms with Gasteiger partial charge in [-0.3, -0.25) is 0 Å². The molecule has 1 aromatic carbocycles. The predicted octanol–water partition coefficient (Wildman–Crippen LogP) is 2.36. The summed E-state index contributed by atoms with van der Waals surface area (Å²) in [6.07, 6.45) is -0.524. The van der Waals surface area contributed by atoms with Crippen LogP contribution in [0, 0.1) is 17.2 Å². The van der Waals surface area contributed by atoms with Crippen LogP contribution in [0.15, 0.2) is 24.3 Å². The summed E-state index contributed by atoms with van der Waals surface area (Å²) in [6.45, 7) is 3.83. The Balaban J connectivity index is 2.59. The van der Waals surface area contributed by atoms with Crippen LogP contribution in [0.2, 0.25) is 0 Å². The second-order valence-corrected chi connectivity index (χ2v) is 4.64. The van der Waals surface area contributed by atoms with Crippen molar-refractivity contribution in [3.8, 4) is 6.07 Å². The van der Waals surface area contributed by atoms with E-state index in [2.05, 4.69) is 11.4 Å². The fourth-order valence-electron chi connectivity index (χ4n) is 1.60. The molecule has 0 aliphatic heterocycles. The van der Waals surface area contributed by atoms with Gasteiger partial charge >= 0.3 is 6.03 Å². The highest BCUT2D eigenvalue weighted by molar-refractivity contribution is 5.89. The number of nitrogens with one attached hydrogen (secondary N) is 1. The molecule has 0 saturated carbocycles. The van der Waals surface area contributed by atoms with Gasteiger partial charge in [0.05, 0.1) is 18.1 Å². The van der Waals surface area contributed by atoms with Gasteiger partial charge in [0, 0.05) is 19.3 Å². The first kappa shape index (κ1) is 15.0. The number of nitriles is 1. The first-order valence-corrected chi connectivity index (χ1v) is 6.13. The summed E-state index contributed by atoms with van der Waals surface area (Å²) in [7, 11) is 1.65. The molecule has 5 heteroatoms. The number of carbonyl (C=O) groups excluding carboxylic acids is 1. The van der Waals surface area contributed by atoms with Crippen molar-refractivity contribution in [2.24, 2.45) is 5.92 Å². The number of anilines is 1. The SMILES string of the molecule is CC(C#N)CN(C)C(=O)Nc1ccc(C(C)O)cc1. The van der Waals surface area contributed by atoms with Crippen LogP contribution in [-0.2, 0) is 0 Å². The topological polar surface area (TPSA) is 76.4 Å². The summed E-state index contributed by atoms with van der Waals surface area (Å²) in [4.78, 5) is 13.3. The molecule has 2 N–H and O–H groups in total. The maximum absolute atomic E-state index is 11.8. The molecule has 0 heterocycles. The van der Waals surface area contributed by atoms with Crippen LogP contribution in [0.5, 0.6) is 0 Å². The summed E-state index contributed by atoms with van der Waals surface area (Å²) < 4.78 is 0. The quantitative estimate of drug-likeness (QED) is 0.873. The largest absolute Gasteiger partial charge is 0.389 e. The van der Waals surface area contributed by atoms with Crippen LogP contribution in [-0.4, -0.2) is 29.6 Å². The van der Waals surface area contributed by atoms with E-state index < -0.39 is 6.10 Å². The van der Waals surface area contributed by atoms with Gasteiger partial charge in [-0.1, -0.05) is 12.1 Å². The fourth-order valence-corrected chi connectivity index (χ4v) is 1.60. The van der Waals surface area contributed by atoms with Crippen LogP contribution in [0.1, 0.15) is 25.5 Å². The van der Waals surface area contributed by atoms with Crippen molar-refractivity contribution in [2.75, 3.05) is 18.9 Å². The van der Waals surface area contributed by atoms with Gasteiger partial charge in [0.1, 0.15) is 0 Å². The second-order valence-electron chi connectivity index (χ2n) is 4.64. The lowest BCUT2D eigenvalue weighted by atomic mass is 10.1.